The third-order valence-corrected chi connectivity index (χ3v) is 3.89. The summed E-state index contributed by atoms with van der Waals surface area (Å²) in [6, 6.07) is 3.97. The zero-order valence-corrected chi connectivity index (χ0v) is 12.1. The van der Waals surface area contributed by atoms with Gasteiger partial charge in [-0.25, -0.2) is 8.78 Å². The average molecular weight is 283 g/mol. The van der Waals surface area contributed by atoms with E-state index in [1.54, 1.807) is 0 Å². The summed E-state index contributed by atoms with van der Waals surface area (Å²) < 4.78 is 26.8. The van der Waals surface area contributed by atoms with Crippen molar-refractivity contribution in [2.75, 3.05) is 33.7 Å². The van der Waals surface area contributed by atoms with E-state index in [1.807, 2.05) is 14.1 Å². The maximum absolute atomic E-state index is 13.4. The molecule has 1 aromatic rings. The second-order valence-electron chi connectivity index (χ2n) is 5.75. The summed E-state index contributed by atoms with van der Waals surface area (Å²) in [7, 11) is 4.08. The molecule has 0 aromatic heterocycles. The van der Waals surface area contributed by atoms with Gasteiger partial charge in [0.25, 0.3) is 0 Å². The van der Waals surface area contributed by atoms with Gasteiger partial charge in [0.2, 0.25) is 0 Å². The fourth-order valence-corrected chi connectivity index (χ4v) is 3.12. The van der Waals surface area contributed by atoms with Crippen molar-refractivity contribution in [1.29, 1.82) is 0 Å². The monoisotopic (exact) mass is 283 g/mol. The molecule has 2 rings (SSSR count). The molecule has 0 radical (unpaired) electrons. The molecule has 112 valence electrons. The molecule has 1 aliphatic heterocycles. The zero-order chi connectivity index (χ0) is 14.7. The summed E-state index contributed by atoms with van der Waals surface area (Å²) >= 11 is 0. The van der Waals surface area contributed by atoms with E-state index in [0.717, 1.165) is 32.0 Å². The van der Waals surface area contributed by atoms with E-state index in [2.05, 4.69) is 9.80 Å². The van der Waals surface area contributed by atoms with Crippen LogP contribution in [0.15, 0.2) is 18.2 Å². The molecular weight excluding hydrogens is 260 g/mol. The number of likely N-dealkylation sites (tertiary alicyclic amines) is 1. The van der Waals surface area contributed by atoms with Crippen LogP contribution in [0.1, 0.15) is 24.4 Å². The smallest absolute Gasteiger partial charge is 0.126 e. The van der Waals surface area contributed by atoms with Crippen LogP contribution < -0.4 is 5.73 Å². The number of hydrogen-bond acceptors (Lipinski definition) is 3. The van der Waals surface area contributed by atoms with Gasteiger partial charge in [0.05, 0.1) is 0 Å². The van der Waals surface area contributed by atoms with Gasteiger partial charge in [0.1, 0.15) is 11.6 Å². The van der Waals surface area contributed by atoms with Gasteiger partial charge in [-0.05, 0) is 51.2 Å². The van der Waals surface area contributed by atoms with Crippen LogP contribution in [0.2, 0.25) is 0 Å². The standard InChI is InChI=1S/C15H23F2N3/c1-19(2)10-14-4-3-5-20(14)15(9-18)11-6-12(16)8-13(17)7-11/h6-8,14-15H,3-5,9-10,18H2,1-2H3. The molecule has 2 atom stereocenters. The molecule has 0 aliphatic carbocycles. The van der Waals surface area contributed by atoms with Crippen LogP contribution in [0.3, 0.4) is 0 Å². The van der Waals surface area contributed by atoms with Crippen LogP contribution in [0.5, 0.6) is 0 Å². The van der Waals surface area contributed by atoms with Crippen molar-refractivity contribution >= 4 is 0 Å². The second-order valence-corrected chi connectivity index (χ2v) is 5.75. The number of halogens is 2. The van der Waals surface area contributed by atoms with Crippen LogP contribution in [0.25, 0.3) is 0 Å². The highest BCUT2D eigenvalue weighted by molar-refractivity contribution is 5.22. The first-order valence-electron chi connectivity index (χ1n) is 7.07. The third kappa shape index (κ3) is 3.53. The zero-order valence-electron chi connectivity index (χ0n) is 12.1. The molecule has 3 nitrogen and oxygen atoms in total. The summed E-state index contributed by atoms with van der Waals surface area (Å²) in [6.07, 6.45) is 2.21. The van der Waals surface area contributed by atoms with Crippen molar-refractivity contribution in [2.45, 2.75) is 24.9 Å². The SMILES string of the molecule is CN(C)CC1CCCN1C(CN)c1cc(F)cc(F)c1. The molecular formula is C15H23F2N3. The van der Waals surface area contributed by atoms with Gasteiger partial charge in [0.15, 0.2) is 0 Å². The molecule has 1 heterocycles. The van der Waals surface area contributed by atoms with E-state index in [1.165, 1.54) is 12.1 Å². The highest BCUT2D eigenvalue weighted by Crippen LogP contribution is 2.29. The Morgan fingerprint density at radius 2 is 1.95 bits per heavy atom. The number of rotatable bonds is 5. The van der Waals surface area contributed by atoms with Crippen molar-refractivity contribution < 1.29 is 8.78 Å². The van der Waals surface area contributed by atoms with Gasteiger partial charge in [0, 0.05) is 31.2 Å². The summed E-state index contributed by atoms with van der Waals surface area (Å²) in [5.74, 6) is -1.08. The Balaban J connectivity index is 2.22. The molecule has 0 spiro atoms. The Morgan fingerprint density at radius 1 is 1.30 bits per heavy atom. The first-order chi connectivity index (χ1) is 9.51. The summed E-state index contributed by atoms with van der Waals surface area (Å²) in [5.41, 5.74) is 6.51. The maximum Gasteiger partial charge on any atom is 0.126 e. The van der Waals surface area contributed by atoms with Crippen LogP contribution in [0, 0.1) is 11.6 Å². The molecule has 2 unspecified atom stereocenters. The lowest BCUT2D eigenvalue weighted by atomic mass is 10.0. The Morgan fingerprint density at radius 3 is 2.50 bits per heavy atom. The molecule has 2 N–H and O–H groups in total. The van der Waals surface area contributed by atoms with Crippen molar-refractivity contribution in [1.82, 2.24) is 9.80 Å². The molecule has 0 amide bonds. The number of hydrogen-bond donors (Lipinski definition) is 1. The Bertz CT molecular complexity index is 430. The predicted octanol–water partition coefficient (Wildman–Crippen LogP) is 1.99. The number of nitrogens with zero attached hydrogens (tertiary/aromatic N) is 2. The lowest BCUT2D eigenvalue weighted by molar-refractivity contribution is 0.155. The Kier molecular flexibility index (Phi) is 5.07. The van der Waals surface area contributed by atoms with E-state index in [9.17, 15) is 8.78 Å². The lowest BCUT2D eigenvalue weighted by Crippen LogP contribution is -2.42. The van der Waals surface area contributed by atoms with Crippen molar-refractivity contribution in [3.63, 3.8) is 0 Å². The van der Waals surface area contributed by atoms with E-state index >= 15 is 0 Å². The average Bonchev–Trinajstić information content (AvgIpc) is 2.76. The first-order valence-corrected chi connectivity index (χ1v) is 7.07. The normalized spacial score (nSPS) is 21.6. The fourth-order valence-electron chi connectivity index (χ4n) is 3.12. The minimum atomic E-state index is -0.540. The van der Waals surface area contributed by atoms with Crippen molar-refractivity contribution in [3.8, 4) is 0 Å². The third-order valence-electron chi connectivity index (χ3n) is 3.89. The number of benzene rings is 1. The van der Waals surface area contributed by atoms with E-state index in [-0.39, 0.29) is 6.04 Å². The van der Waals surface area contributed by atoms with Crippen LogP contribution in [0.4, 0.5) is 8.78 Å². The number of likely N-dealkylation sites (N-methyl/N-ethyl adjacent to an activating group) is 1. The summed E-state index contributed by atoms with van der Waals surface area (Å²) in [6.45, 7) is 2.24. The molecule has 1 saturated heterocycles. The van der Waals surface area contributed by atoms with E-state index in [4.69, 9.17) is 5.73 Å². The molecule has 20 heavy (non-hydrogen) atoms. The lowest BCUT2D eigenvalue weighted by Gasteiger charge is -2.34. The van der Waals surface area contributed by atoms with Gasteiger partial charge in [-0.1, -0.05) is 0 Å². The van der Waals surface area contributed by atoms with Gasteiger partial charge < -0.3 is 10.6 Å². The Labute approximate surface area is 119 Å². The number of nitrogens with two attached hydrogens (primary N) is 1. The second kappa shape index (κ2) is 6.61. The van der Waals surface area contributed by atoms with E-state index < -0.39 is 11.6 Å². The minimum absolute atomic E-state index is 0.118. The van der Waals surface area contributed by atoms with Crippen LogP contribution in [-0.4, -0.2) is 49.6 Å². The van der Waals surface area contributed by atoms with Gasteiger partial charge in [-0.15, -0.1) is 0 Å². The largest absolute Gasteiger partial charge is 0.329 e. The molecule has 1 aliphatic rings. The van der Waals surface area contributed by atoms with Crippen molar-refractivity contribution in [2.24, 2.45) is 5.73 Å². The summed E-state index contributed by atoms with van der Waals surface area (Å²) in [4.78, 5) is 4.43. The topological polar surface area (TPSA) is 32.5 Å². The predicted molar refractivity (Wildman–Crippen MR) is 76.4 cm³/mol. The highest BCUT2D eigenvalue weighted by Gasteiger charge is 2.31. The highest BCUT2D eigenvalue weighted by atomic mass is 19.1. The van der Waals surface area contributed by atoms with Gasteiger partial charge in [-0.2, -0.15) is 0 Å². The molecule has 1 aromatic carbocycles. The quantitative estimate of drug-likeness (QED) is 0.897. The molecule has 0 saturated carbocycles. The summed E-state index contributed by atoms with van der Waals surface area (Å²) in [5, 5.41) is 0. The van der Waals surface area contributed by atoms with Gasteiger partial charge in [-0.3, -0.25) is 4.90 Å². The fraction of sp³-hybridized carbons (Fsp3) is 0.600. The van der Waals surface area contributed by atoms with Crippen molar-refractivity contribution in [3.05, 3.63) is 35.4 Å². The molecule has 0 bridgehead atoms. The van der Waals surface area contributed by atoms with E-state index in [0.29, 0.717) is 18.2 Å². The van der Waals surface area contributed by atoms with Crippen LogP contribution in [-0.2, 0) is 0 Å². The molecule has 1 fully saturated rings. The first kappa shape index (κ1) is 15.4. The Hall–Kier alpha value is -1.04. The maximum atomic E-state index is 13.4. The van der Waals surface area contributed by atoms with Crippen LogP contribution >= 0.6 is 0 Å². The molecule has 5 heteroatoms. The minimum Gasteiger partial charge on any atom is -0.329 e. The van der Waals surface area contributed by atoms with Gasteiger partial charge >= 0.3 is 0 Å².